The Hall–Kier alpha value is -4.06. The standard InChI is InChI=1S/C34H37N3O3/c1-39-30-16-14-25(15-17-30)9-5-6-20-37-33(38)31(40-34(37)35-24-26-10-3-2-4-11-26)23-27-21-28-12-7-18-36-19-8-13-29(22-27)32(28)36/h2-4,10-11,14-17,21-23H,5-9,12-13,18-20,24H2,1H3/b31-23+,35-34?. The summed E-state index contributed by atoms with van der Waals surface area (Å²) in [5, 5.41) is 0. The number of unbranched alkanes of at least 4 members (excludes halogenated alkanes) is 1. The van der Waals surface area contributed by atoms with E-state index in [4.69, 9.17) is 14.5 Å². The first-order chi connectivity index (χ1) is 19.7. The van der Waals surface area contributed by atoms with Crippen LogP contribution < -0.4 is 9.64 Å². The van der Waals surface area contributed by atoms with Crippen LogP contribution in [0.15, 0.2) is 77.5 Å². The van der Waals surface area contributed by atoms with Crippen molar-refractivity contribution < 1.29 is 14.3 Å². The summed E-state index contributed by atoms with van der Waals surface area (Å²) in [5.41, 5.74) is 7.62. The van der Waals surface area contributed by atoms with Crippen molar-refractivity contribution in [3.8, 4) is 5.75 Å². The molecule has 0 N–H and O–H groups in total. The van der Waals surface area contributed by atoms with Crippen LogP contribution in [0.4, 0.5) is 5.69 Å². The quantitative estimate of drug-likeness (QED) is 0.243. The van der Waals surface area contributed by atoms with E-state index in [1.165, 1.54) is 35.2 Å². The highest BCUT2D eigenvalue weighted by atomic mass is 16.5. The first kappa shape index (κ1) is 26.2. The predicted octanol–water partition coefficient (Wildman–Crippen LogP) is 6.17. The van der Waals surface area contributed by atoms with Gasteiger partial charge in [0.1, 0.15) is 5.75 Å². The minimum Gasteiger partial charge on any atom is -0.497 e. The molecule has 6 heteroatoms. The number of anilines is 1. The number of benzene rings is 3. The number of nitrogens with zero attached hydrogens (tertiary/aromatic N) is 3. The Bertz CT molecular complexity index is 1380. The molecule has 1 amide bonds. The molecule has 3 heterocycles. The second-order valence-corrected chi connectivity index (χ2v) is 10.8. The number of hydrogen-bond acceptors (Lipinski definition) is 5. The summed E-state index contributed by atoms with van der Waals surface area (Å²) in [7, 11) is 1.68. The Balaban J connectivity index is 1.19. The van der Waals surface area contributed by atoms with E-state index >= 15 is 0 Å². The van der Waals surface area contributed by atoms with Gasteiger partial charge in [-0.15, -0.1) is 0 Å². The SMILES string of the molecule is COc1ccc(CCCCN2C(=O)/C(=C\c3cc4c5c(c3)CCCN5CCC4)OC2=NCc2ccccc2)cc1. The highest BCUT2D eigenvalue weighted by Gasteiger charge is 2.34. The molecular formula is C34H37N3O3. The molecule has 1 saturated heterocycles. The zero-order chi connectivity index (χ0) is 27.3. The highest BCUT2D eigenvalue weighted by molar-refractivity contribution is 6.11. The second kappa shape index (κ2) is 12.0. The molecule has 0 saturated carbocycles. The maximum absolute atomic E-state index is 13.6. The summed E-state index contributed by atoms with van der Waals surface area (Å²) in [4.78, 5) is 22.6. The molecule has 0 atom stereocenters. The fourth-order valence-corrected chi connectivity index (χ4v) is 6.02. The van der Waals surface area contributed by atoms with Crippen molar-refractivity contribution >= 4 is 23.7 Å². The smallest absolute Gasteiger partial charge is 0.300 e. The first-order valence-electron chi connectivity index (χ1n) is 14.5. The third kappa shape index (κ3) is 5.76. The largest absolute Gasteiger partial charge is 0.497 e. The van der Waals surface area contributed by atoms with Crippen molar-refractivity contribution in [2.45, 2.75) is 51.5 Å². The van der Waals surface area contributed by atoms with E-state index in [1.54, 1.807) is 12.0 Å². The lowest BCUT2D eigenvalue weighted by molar-refractivity contribution is -0.122. The number of amides is 1. The zero-order valence-corrected chi connectivity index (χ0v) is 23.3. The van der Waals surface area contributed by atoms with Crippen LogP contribution in [0.1, 0.15) is 53.5 Å². The molecule has 0 aromatic heterocycles. The van der Waals surface area contributed by atoms with Crippen LogP contribution in [0.5, 0.6) is 5.75 Å². The summed E-state index contributed by atoms with van der Waals surface area (Å²) in [6.07, 6.45) is 9.24. The average Bonchev–Trinajstić information content (AvgIpc) is 3.28. The molecule has 0 unspecified atom stereocenters. The number of rotatable bonds is 9. The molecule has 0 radical (unpaired) electrons. The fraction of sp³-hybridized carbons (Fsp3) is 0.353. The number of methoxy groups -OCH3 is 1. The lowest BCUT2D eigenvalue weighted by Crippen LogP contribution is -2.34. The van der Waals surface area contributed by atoms with Crippen LogP contribution in [0, 0.1) is 0 Å². The van der Waals surface area contributed by atoms with Gasteiger partial charge in [0.2, 0.25) is 0 Å². The molecule has 206 valence electrons. The fourth-order valence-electron chi connectivity index (χ4n) is 6.02. The molecule has 0 bridgehead atoms. The summed E-state index contributed by atoms with van der Waals surface area (Å²) in [6, 6.07) is 23.2. The Morgan fingerprint density at radius 1 is 0.925 bits per heavy atom. The Morgan fingerprint density at radius 3 is 2.35 bits per heavy atom. The van der Waals surface area contributed by atoms with E-state index in [0.29, 0.717) is 24.9 Å². The zero-order valence-electron chi connectivity index (χ0n) is 23.3. The Labute approximate surface area is 236 Å². The number of aliphatic imine (C=N–C) groups is 1. The van der Waals surface area contributed by atoms with Crippen molar-refractivity contribution in [2.24, 2.45) is 4.99 Å². The van der Waals surface area contributed by atoms with Crippen molar-refractivity contribution in [1.82, 2.24) is 4.90 Å². The van der Waals surface area contributed by atoms with Crippen LogP contribution in [0.3, 0.4) is 0 Å². The molecule has 3 aromatic rings. The van der Waals surface area contributed by atoms with Gasteiger partial charge in [-0.25, -0.2) is 4.99 Å². The van der Waals surface area contributed by atoms with E-state index in [2.05, 4.69) is 29.2 Å². The minimum absolute atomic E-state index is 0.107. The maximum atomic E-state index is 13.6. The first-order valence-corrected chi connectivity index (χ1v) is 14.5. The van der Waals surface area contributed by atoms with E-state index in [-0.39, 0.29) is 5.91 Å². The topological polar surface area (TPSA) is 54.4 Å². The molecule has 3 aromatic carbocycles. The number of carbonyl (C=O) groups is 1. The van der Waals surface area contributed by atoms with Gasteiger partial charge >= 0.3 is 6.02 Å². The summed E-state index contributed by atoms with van der Waals surface area (Å²) in [5.74, 6) is 1.12. The number of amidine groups is 1. The van der Waals surface area contributed by atoms with Gasteiger partial charge in [-0.05, 0) is 103 Å². The van der Waals surface area contributed by atoms with Gasteiger partial charge in [0.15, 0.2) is 5.76 Å². The van der Waals surface area contributed by atoms with Gasteiger partial charge in [0, 0.05) is 25.3 Å². The number of carbonyl (C=O) groups excluding carboxylic acids is 1. The van der Waals surface area contributed by atoms with Gasteiger partial charge in [-0.2, -0.15) is 0 Å². The number of ether oxygens (including phenoxy) is 2. The molecule has 1 fully saturated rings. The van der Waals surface area contributed by atoms with E-state index in [1.807, 2.05) is 48.5 Å². The Kier molecular flexibility index (Phi) is 7.85. The van der Waals surface area contributed by atoms with E-state index in [9.17, 15) is 4.79 Å². The number of aryl methyl sites for hydroxylation is 3. The average molecular weight is 536 g/mol. The van der Waals surface area contributed by atoms with Crippen LogP contribution in [0.25, 0.3) is 6.08 Å². The van der Waals surface area contributed by atoms with Crippen molar-refractivity contribution in [3.05, 3.63) is 100 Å². The molecule has 3 aliphatic rings. The van der Waals surface area contributed by atoms with Crippen molar-refractivity contribution in [2.75, 3.05) is 31.6 Å². The molecule has 6 nitrogen and oxygen atoms in total. The summed E-state index contributed by atoms with van der Waals surface area (Å²) < 4.78 is 11.4. The van der Waals surface area contributed by atoms with E-state index < -0.39 is 0 Å². The van der Waals surface area contributed by atoms with Gasteiger partial charge in [-0.3, -0.25) is 9.69 Å². The third-order valence-electron chi connectivity index (χ3n) is 8.04. The molecule has 6 rings (SSSR count). The van der Waals surface area contributed by atoms with Gasteiger partial charge in [-0.1, -0.05) is 42.5 Å². The van der Waals surface area contributed by atoms with Crippen LogP contribution in [-0.2, 0) is 35.3 Å². The highest BCUT2D eigenvalue weighted by Crippen LogP contribution is 2.37. The monoisotopic (exact) mass is 535 g/mol. The van der Waals surface area contributed by atoms with Crippen LogP contribution in [0.2, 0.25) is 0 Å². The van der Waals surface area contributed by atoms with E-state index in [0.717, 1.165) is 62.1 Å². The lowest BCUT2D eigenvalue weighted by atomic mass is 9.90. The normalized spacial score (nSPS) is 18.3. The van der Waals surface area contributed by atoms with Crippen molar-refractivity contribution in [1.29, 1.82) is 0 Å². The summed E-state index contributed by atoms with van der Waals surface area (Å²) >= 11 is 0. The third-order valence-corrected chi connectivity index (χ3v) is 8.04. The van der Waals surface area contributed by atoms with Gasteiger partial charge < -0.3 is 14.4 Å². The number of hydrogen-bond donors (Lipinski definition) is 0. The van der Waals surface area contributed by atoms with Crippen LogP contribution in [-0.4, -0.2) is 43.6 Å². The lowest BCUT2D eigenvalue weighted by Gasteiger charge is -2.37. The van der Waals surface area contributed by atoms with Gasteiger partial charge in [0.05, 0.1) is 13.7 Å². The second-order valence-electron chi connectivity index (χ2n) is 10.8. The summed E-state index contributed by atoms with van der Waals surface area (Å²) in [6.45, 7) is 3.34. The molecule has 0 aliphatic carbocycles. The van der Waals surface area contributed by atoms with Crippen LogP contribution >= 0.6 is 0 Å². The maximum Gasteiger partial charge on any atom is 0.300 e. The minimum atomic E-state index is -0.107. The molecule has 40 heavy (non-hydrogen) atoms. The van der Waals surface area contributed by atoms with Gasteiger partial charge in [0.25, 0.3) is 5.91 Å². The molecular weight excluding hydrogens is 498 g/mol. The molecule has 0 spiro atoms. The van der Waals surface area contributed by atoms with Crippen molar-refractivity contribution in [3.63, 3.8) is 0 Å². The predicted molar refractivity (Wildman–Crippen MR) is 160 cm³/mol. The Morgan fingerprint density at radius 2 is 1.65 bits per heavy atom. The molecule has 3 aliphatic heterocycles.